The first-order valence-corrected chi connectivity index (χ1v) is 5.72. The summed E-state index contributed by atoms with van der Waals surface area (Å²) in [6.07, 6.45) is 2.20. The lowest BCUT2D eigenvalue weighted by Gasteiger charge is -2.37. The monoisotopic (exact) mass is 213 g/mol. The Hall–Kier alpha value is -0.770. The molecule has 0 aliphatic carbocycles. The summed E-state index contributed by atoms with van der Waals surface area (Å²) in [7, 11) is 5.52. The van der Waals surface area contributed by atoms with E-state index in [1.54, 1.807) is 19.0 Å². The molecule has 0 radical (unpaired) electrons. The van der Waals surface area contributed by atoms with Crippen LogP contribution in [0.4, 0.5) is 4.79 Å². The number of urea groups is 1. The molecule has 1 rings (SSSR count). The average Bonchev–Trinajstić information content (AvgIpc) is 2.27. The predicted molar refractivity (Wildman–Crippen MR) is 62.0 cm³/mol. The van der Waals surface area contributed by atoms with Gasteiger partial charge in [-0.1, -0.05) is 6.92 Å². The standard InChI is InChI=1S/C11H23N3O/c1-5-14-8-6-10(7-9-14)13(4)11(15)12(2)3/h10H,5-9H2,1-4H3. The van der Waals surface area contributed by atoms with Gasteiger partial charge in [-0.15, -0.1) is 0 Å². The minimum atomic E-state index is 0.116. The molecule has 4 nitrogen and oxygen atoms in total. The third-order valence-electron chi connectivity index (χ3n) is 3.24. The van der Waals surface area contributed by atoms with Crippen molar-refractivity contribution >= 4 is 6.03 Å². The summed E-state index contributed by atoms with van der Waals surface area (Å²) >= 11 is 0. The Labute approximate surface area is 92.8 Å². The van der Waals surface area contributed by atoms with E-state index in [9.17, 15) is 4.79 Å². The quantitative estimate of drug-likeness (QED) is 0.686. The van der Waals surface area contributed by atoms with Gasteiger partial charge in [-0.05, 0) is 19.4 Å². The lowest BCUT2D eigenvalue weighted by atomic mass is 10.0. The van der Waals surface area contributed by atoms with Crippen molar-refractivity contribution in [2.45, 2.75) is 25.8 Å². The highest BCUT2D eigenvalue weighted by molar-refractivity contribution is 5.73. The number of rotatable bonds is 2. The molecule has 2 amide bonds. The summed E-state index contributed by atoms with van der Waals surface area (Å²) < 4.78 is 0. The summed E-state index contributed by atoms with van der Waals surface area (Å²) in [6.45, 7) is 5.55. The number of carbonyl (C=O) groups is 1. The van der Waals surface area contributed by atoms with Crippen LogP contribution < -0.4 is 0 Å². The van der Waals surface area contributed by atoms with Gasteiger partial charge in [0, 0.05) is 40.3 Å². The normalized spacial score (nSPS) is 18.9. The van der Waals surface area contributed by atoms with Gasteiger partial charge in [0.25, 0.3) is 0 Å². The van der Waals surface area contributed by atoms with Gasteiger partial charge in [-0.2, -0.15) is 0 Å². The highest BCUT2D eigenvalue weighted by Gasteiger charge is 2.25. The molecule has 0 spiro atoms. The van der Waals surface area contributed by atoms with E-state index >= 15 is 0 Å². The number of nitrogens with zero attached hydrogens (tertiary/aromatic N) is 3. The molecule has 1 fully saturated rings. The highest BCUT2D eigenvalue weighted by atomic mass is 16.2. The van der Waals surface area contributed by atoms with E-state index in [0.717, 1.165) is 32.5 Å². The van der Waals surface area contributed by atoms with Gasteiger partial charge < -0.3 is 14.7 Å². The van der Waals surface area contributed by atoms with Crippen LogP contribution in [-0.2, 0) is 0 Å². The van der Waals surface area contributed by atoms with Gasteiger partial charge in [-0.3, -0.25) is 0 Å². The molecule has 88 valence electrons. The van der Waals surface area contributed by atoms with Crippen molar-refractivity contribution < 1.29 is 4.79 Å². The van der Waals surface area contributed by atoms with E-state index in [1.165, 1.54) is 0 Å². The lowest BCUT2D eigenvalue weighted by Crippen LogP contribution is -2.48. The van der Waals surface area contributed by atoms with Gasteiger partial charge >= 0.3 is 6.03 Å². The first-order valence-electron chi connectivity index (χ1n) is 5.72. The maximum Gasteiger partial charge on any atom is 0.319 e. The minimum Gasteiger partial charge on any atom is -0.331 e. The van der Waals surface area contributed by atoms with Gasteiger partial charge in [0.05, 0.1) is 0 Å². The van der Waals surface area contributed by atoms with Crippen LogP contribution in [0, 0.1) is 0 Å². The van der Waals surface area contributed by atoms with E-state index in [0.29, 0.717) is 6.04 Å². The molecular weight excluding hydrogens is 190 g/mol. The van der Waals surface area contributed by atoms with Crippen molar-refractivity contribution in [3.63, 3.8) is 0 Å². The summed E-state index contributed by atoms with van der Waals surface area (Å²) in [4.78, 5) is 17.7. The van der Waals surface area contributed by atoms with E-state index < -0.39 is 0 Å². The summed E-state index contributed by atoms with van der Waals surface area (Å²) in [5, 5.41) is 0. The first kappa shape index (κ1) is 12.3. The molecule has 1 aliphatic heterocycles. The van der Waals surface area contributed by atoms with Crippen molar-refractivity contribution in [3.8, 4) is 0 Å². The Kier molecular flexibility index (Phi) is 4.39. The molecule has 0 aromatic heterocycles. The van der Waals surface area contributed by atoms with Crippen molar-refractivity contribution in [1.29, 1.82) is 0 Å². The van der Waals surface area contributed by atoms with Crippen LogP contribution in [0.5, 0.6) is 0 Å². The van der Waals surface area contributed by atoms with Gasteiger partial charge in [0.1, 0.15) is 0 Å². The molecule has 0 saturated carbocycles. The minimum absolute atomic E-state index is 0.116. The Morgan fingerprint density at radius 2 is 1.80 bits per heavy atom. The van der Waals surface area contributed by atoms with Crippen LogP contribution in [-0.4, -0.2) is 67.5 Å². The topological polar surface area (TPSA) is 26.8 Å². The third kappa shape index (κ3) is 3.09. The fourth-order valence-electron chi connectivity index (χ4n) is 2.09. The third-order valence-corrected chi connectivity index (χ3v) is 3.24. The van der Waals surface area contributed by atoms with Gasteiger partial charge in [0.15, 0.2) is 0 Å². The van der Waals surface area contributed by atoms with E-state index in [-0.39, 0.29) is 6.03 Å². The molecule has 0 aromatic carbocycles. The second-order valence-electron chi connectivity index (χ2n) is 4.45. The summed E-state index contributed by atoms with van der Waals surface area (Å²) in [5.41, 5.74) is 0. The number of piperidine rings is 1. The smallest absolute Gasteiger partial charge is 0.319 e. The molecule has 0 aromatic rings. The molecule has 15 heavy (non-hydrogen) atoms. The van der Waals surface area contributed by atoms with Crippen LogP contribution in [0.3, 0.4) is 0 Å². The summed E-state index contributed by atoms with van der Waals surface area (Å²) in [5.74, 6) is 0. The largest absolute Gasteiger partial charge is 0.331 e. The molecule has 1 saturated heterocycles. The van der Waals surface area contributed by atoms with Crippen molar-refractivity contribution in [2.24, 2.45) is 0 Å². The Morgan fingerprint density at radius 1 is 1.27 bits per heavy atom. The van der Waals surface area contributed by atoms with Gasteiger partial charge in [-0.25, -0.2) is 4.79 Å². The van der Waals surface area contributed by atoms with Crippen molar-refractivity contribution in [2.75, 3.05) is 40.8 Å². The predicted octanol–water partition coefficient (Wildman–Crippen LogP) is 1.08. The Bertz CT molecular complexity index is 210. The zero-order valence-corrected chi connectivity index (χ0v) is 10.4. The molecule has 4 heteroatoms. The number of hydrogen-bond donors (Lipinski definition) is 0. The molecular formula is C11H23N3O. The van der Waals surface area contributed by atoms with Crippen LogP contribution in [0.1, 0.15) is 19.8 Å². The Morgan fingerprint density at radius 3 is 2.20 bits per heavy atom. The number of amides is 2. The van der Waals surface area contributed by atoms with Crippen molar-refractivity contribution in [3.05, 3.63) is 0 Å². The van der Waals surface area contributed by atoms with Crippen LogP contribution in [0.15, 0.2) is 0 Å². The fourth-order valence-corrected chi connectivity index (χ4v) is 2.09. The maximum atomic E-state index is 11.7. The Balaban J connectivity index is 2.42. The molecule has 0 atom stereocenters. The lowest BCUT2D eigenvalue weighted by molar-refractivity contribution is 0.123. The van der Waals surface area contributed by atoms with Crippen LogP contribution >= 0.6 is 0 Å². The highest BCUT2D eigenvalue weighted by Crippen LogP contribution is 2.15. The summed E-state index contributed by atoms with van der Waals surface area (Å²) in [6, 6.07) is 0.535. The zero-order valence-electron chi connectivity index (χ0n) is 10.4. The fraction of sp³-hybridized carbons (Fsp3) is 0.909. The SMILES string of the molecule is CCN1CCC(N(C)C(=O)N(C)C)CC1. The van der Waals surface area contributed by atoms with Crippen LogP contribution in [0.2, 0.25) is 0 Å². The number of likely N-dealkylation sites (tertiary alicyclic amines) is 1. The molecule has 1 heterocycles. The first-order chi connectivity index (χ1) is 7.06. The van der Waals surface area contributed by atoms with Gasteiger partial charge in [0.2, 0.25) is 0 Å². The molecule has 0 bridgehead atoms. The van der Waals surface area contributed by atoms with E-state index in [1.807, 2.05) is 11.9 Å². The number of hydrogen-bond acceptors (Lipinski definition) is 2. The second kappa shape index (κ2) is 5.35. The van der Waals surface area contributed by atoms with E-state index in [2.05, 4.69) is 11.8 Å². The maximum absolute atomic E-state index is 11.7. The second-order valence-corrected chi connectivity index (χ2v) is 4.45. The zero-order chi connectivity index (χ0) is 11.4. The number of carbonyl (C=O) groups excluding carboxylic acids is 1. The van der Waals surface area contributed by atoms with Crippen molar-refractivity contribution in [1.82, 2.24) is 14.7 Å². The molecule has 0 unspecified atom stereocenters. The average molecular weight is 213 g/mol. The molecule has 0 N–H and O–H groups in total. The van der Waals surface area contributed by atoms with E-state index in [4.69, 9.17) is 0 Å². The van der Waals surface area contributed by atoms with Crippen LogP contribution in [0.25, 0.3) is 0 Å². The molecule has 1 aliphatic rings.